The molecular weight excluding hydrogens is 442 g/mol. The van der Waals surface area contributed by atoms with Gasteiger partial charge in [0, 0.05) is 16.9 Å². The van der Waals surface area contributed by atoms with Crippen LogP contribution in [0.15, 0.2) is 109 Å². The van der Waals surface area contributed by atoms with Gasteiger partial charge in [-0.05, 0) is 59.2 Å². The second-order valence-electron chi connectivity index (χ2n) is 7.64. The topological polar surface area (TPSA) is 70.2 Å². The number of rotatable bonds is 6. The Bertz CT molecular complexity index is 1290. The van der Waals surface area contributed by atoms with Gasteiger partial charge in [0.15, 0.2) is 5.11 Å². The van der Waals surface area contributed by atoms with Crippen molar-refractivity contribution < 1.29 is 9.59 Å². The minimum atomic E-state index is -0.301. The molecule has 0 aliphatic rings. The summed E-state index contributed by atoms with van der Waals surface area (Å²) in [5.74, 6) is -0.414. The van der Waals surface area contributed by atoms with E-state index in [4.69, 9.17) is 12.2 Å². The number of hydrogen-bond acceptors (Lipinski definition) is 3. The van der Waals surface area contributed by atoms with E-state index >= 15 is 0 Å². The lowest BCUT2D eigenvalue weighted by molar-refractivity contribution is -0.115. The summed E-state index contributed by atoms with van der Waals surface area (Å²) >= 11 is 5.30. The Morgan fingerprint density at radius 3 is 1.91 bits per heavy atom. The van der Waals surface area contributed by atoms with Crippen LogP contribution in [-0.4, -0.2) is 16.9 Å². The van der Waals surface area contributed by atoms with Crippen molar-refractivity contribution in [3.8, 4) is 11.1 Å². The number of nitrogens with one attached hydrogen (secondary N) is 3. The first-order valence-corrected chi connectivity index (χ1v) is 11.2. The minimum absolute atomic E-state index is 0.113. The molecule has 0 aliphatic carbocycles. The fourth-order valence-electron chi connectivity index (χ4n) is 3.44. The van der Waals surface area contributed by atoms with E-state index in [-0.39, 0.29) is 23.3 Å². The maximum absolute atomic E-state index is 12.6. The van der Waals surface area contributed by atoms with Gasteiger partial charge in [-0.3, -0.25) is 14.9 Å². The Balaban J connectivity index is 1.32. The summed E-state index contributed by atoms with van der Waals surface area (Å²) < 4.78 is 0. The highest BCUT2D eigenvalue weighted by Gasteiger charge is 2.09. The molecule has 4 aromatic carbocycles. The molecule has 4 aromatic rings. The van der Waals surface area contributed by atoms with E-state index in [1.165, 1.54) is 0 Å². The standard InChI is InChI=1S/C28H23N3O2S/c32-26(18-20-8-3-1-4-9-20)29-24-12-7-13-25(19-24)30-28(34)31-27(33)23-16-14-22(15-17-23)21-10-5-2-6-11-21/h1-17,19H,18H2,(H,29,32)(H2,30,31,33,34). The van der Waals surface area contributed by atoms with Gasteiger partial charge in [0.2, 0.25) is 5.91 Å². The molecule has 3 N–H and O–H groups in total. The molecule has 0 atom stereocenters. The molecule has 168 valence electrons. The Hall–Kier alpha value is -4.29. The van der Waals surface area contributed by atoms with Gasteiger partial charge in [-0.15, -0.1) is 0 Å². The molecule has 0 spiro atoms. The third kappa shape index (κ3) is 6.37. The maximum Gasteiger partial charge on any atom is 0.257 e. The summed E-state index contributed by atoms with van der Waals surface area (Å²) in [6.07, 6.45) is 0.288. The smallest absolute Gasteiger partial charge is 0.257 e. The highest BCUT2D eigenvalue weighted by atomic mass is 32.1. The number of thiocarbonyl (C=S) groups is 1. The summed E-state index contributed by atoms with van der Waals surface area (Å²) in [4.78, 5) is 24.9. The van der Waals surface area contributed by atoms with Crippen molar-refractivity contribution in [2.75, 3.05) is 10.6 Å². The third-order valence-corrected chi connectivity index (χ3v) is 5.30. The van der Waals surface area contributed by atoms with E-state index in [9.17, 15) is 9.59 Å². The Morgan fingerprint density at radius 1 is 0.647 bits per heavy atom. The van der Waals surface area contributed by atoms with E-state index in [0.29, 0.717) is 16.9 Å². The summed E-state index contributed by atoms with van der Waals surface area (Å²) in [6, 6.07) is 34.0. The van der Waals surface area contributed by atoms with Gasteiger partial charge in [-0.2, -0.15) is 0 Å². The number of carbonyl (C=O) groups excluding carboxylic acids is 2. The summed E-state index contributed by atoms with van der Waals surface area (Å²) in [5.41, 5.74) is 4.85. The van der Waals surface area contributed by atoms with Crippen LogP contribution in [0.2, 0.25) is 0 Å². The van der Waals surface area contributed by atoms with Crippen LogP contribution in [0.3, 0.4) is 0 Å². The lowest BCUT2D eigenvalue weighted by atomic mass is 10.0. The quantitative estimate of drug-likeness (QED) is 0.321. The first kappa shape index (κ1) is 22.9. The number of amides is 2. The number of benzene rings is 4. The molecule has 5 nitrogen and oxygen atoms in total. The second kappa shape index (κ2) is 11.0. The molecule has 0 saturated heterocycles. The molecule has 6 heteroatoms. The molecule has 34 heavy (non-hydrogen) atoms. The number of carbonyl (C=O) groups is 2. The zero-order chi connectivity index (χ0) is 23.8. The number of hydrogen-bond donors (Lipinski definition) is 3. The van der Waals surface area contributed by atoms with Crippen molar-refractivity contribution in [1.82, 2.24) is 5.32 Å². The fraction of sp³-hybridized carbons (Fsp3) is 0.0357. The van der Waals surface area contributed by atoms with Gasteiger partial charge >= 0.3 is 0 Å². The van der Waals surface area contributed by atoms with E-state index < -0.39 is 0 Å². The molecule has 0 bridgehead atoms. The van der Waals surface area contributed by atoms with E-state index in [1.807, 2.05) is 72.8 Å². The second-order valence-corrected chi connectivity index (χ2v) is 8.05. The molecule has 0 radical (unpaired) electrons. The van der Waals surface area contributed by atoms with Crippen LogP contribution in [0.25, 0.3) is 11.1 Å². The lowest BCUT2D eigenvalue weighted by Gasteiger charge is -2.12. The largest absolute Gasteiger partial charge is 0.332 e. The minimum Gasteiger partial charge on any atom is -0.332 e. The van der Waals surface area contributed by atoms with Crippen LogP contribution in [0.1, 0.15) is 15.9 Å². The molecule has 2 amide bonds. The zero-order valence-corrected chi connectivity index (χ0v) is 19.1. The molecule has 0 unspecified atom stereocenters. The van der Waals surface area contributed by atoms with Crippen molar-refractivity contribution in [1.29, 1.82) is 0 Å². The van der Waals surface area contributed by atoms with Crippen LogP contribution < -0.4 is 16.0 Å². The molecule has 0 aliphatic heterocycles. The van der Waals surface area contributed by atoms with E-state index in [0.717, 1.165) is 16.7 Å². The third-order valence-electron chi connectivity index (χ3n) is 5.09. The van der Waals surface area contributed by atoms with Gasteiger partial charge in [0.25, 0.3) is 5.91 Å². The molecular formula is C28H23N3O2S. The molecule has 0 heterocycles. The fourth-order valence-corrected chi connectivity index (χ4v) is 3.65. The average Bonchev–Trinajstić information content (AvgIpc) is 2.85. The monoisotopic (exact) mass is 465 g/mol. The van der Waals surface area contributed by atoms with Gasteiger partial charge in [0.05, 0.1) is 6.42 Å². The highest BCUT2D eigenvalue weighted by Crippen LogP contribution is 2.19. The van der Waals surface area contributed by atoms with Gasteiger partial charge < -0.3 is 10.6 Å². The van der Waals surface area contributed by atoms with E-state index in [1.54, 1.807) is 36.4 Å². The highest BCUT2D eigenvalue weighted by molar-refractivity contribution is 7.80. The van der Waals surface area contributed by atoms with Crippen molar-refractivity contribution in [3.63, 3.8) is 0 Å². The van der Waals surface area contributed by atoms with Crippen molar-refractivity contribution in [2.24, 2.45) is 0 Å². The average molecular weight is 466 g/mol. The normalized spacial score (nSPS) is 10.2. The lowest BCUT2D eigenvalue weighted by Crippen LogP contribution is -2.34. The summed E-state index contributed by atoms with van der Waals surface area (Å²) in [6.45, 7) is 0. The van der Waals surface area contributed by atoms with Crippen molar-refractivity contribution in [2.45, 2.75) is 6.42 Å². The van der Waals surface area contributed by atoms with Crippen LogP contribution in [-0.2, 0) is 11.2 Å². The predicted octanol–water partition coefficient (Wildman–Crippen LogP) is 5.66. The first-order chi connectivity index (χ1) is 16.6. The van der Waals surface area contributed by atoms with E-state index in [2.05, 4.69) is 16.0 Å². The number of anilines is 2. The zero-order valence-electron chi connectivity index (χ0n) is 18.3. The first-order valence-electron chi connectivity index (χ1n) is 10.8. The van der Waals surface area contributed by atoms with Crippen LogP contribution in [0.4, 0.5) is 11.4 Å². The SMILES string of the molecule is O=C(Cc1ccccc1)Nc1cccc(NC(=S)NC(=O)c2ccc(-c3ccccc3)cc2)c1. The van der Waals surface area contributed by atoms with Crippen LogP contribution in [0, 0.1) is 0 Å². The van der Waals surface area contributed by atoms with Gasteiger partial charge in [-0.25, -0.2) is 0 Å². The summed E-state index contributed by atoms with van der Waals surface area (Å²) in [7, 11) is 0. The van der Waals surface area contributed by atoms with Crippen LogP contribution in [0.5, 0.6) is 0 Å². The van der Waals surface area contributed by atoms with Gasteiger partial charge in [0.1, 0.15) is 0 Å². The van der Waals surface area contributed by atoms with Gasteiger partial charge in [-0.1, -0.05) is 78.9 Å². The summed E-state index contributed by atoms with van der Waals surface area (Å²) in [5, 5.41) is 8.73. The van der Waals surface area contributed by atoms with Crippen molar-refractivity contribution >= 4 is 40.5 Å². The molecule has 0 aromatic heterocycles. The van der Waals surface area contributed by atoms with Crippen molar-refractivity contribution in [3.05, 3.63) is 120 Å². The maximum atomic E-state index is 12.6. The Kier molecular flexibility index (Phi) is 7.42. The molecule has 0 saturated carbocycles. The molecule has 4 rings (SSSR count). The predicted molar refractivity (Wildman–Crippen MR) is 141 cm³/mol. The van der Waals surface area contributed by atoms with Crippen LogP contribution >= 0.6 is 12.2 Å². The molecule has 0 fully saturated rings. The Morgan fingerprint density at radius 2 is 1.24 bits per heavy atom. The Labute approximate surface area is 203 Å².